The van der Waals surface area contributed by atoms with E-state index in [2.05, 4.69) is 4.98 Å². The second-order valence-corrected chi connectivity index (χ2v) is 5.05. The summed E-state index contributed by atoms with van der Waals surface area (Å²) < 4.78 is 0. The molecule has 92 valence electrons. The van der Waals surface area contributed by atoms with Crippen molar-refractivity contribution < 1.29 is 5.11 Å². The average Bonchev–Trinajstić information content (AvgIpc) is 3.10. The number of aromatic hydroxyl groups is 1. The van der Waals surface area contributed by atoms with Gasteiger partial charge in [-0.1, -0.05) is 17.7 Å². The molecule has 0 saturated heterocycles. The summed E-state index contributed by atoms with van der Waals surface area (Å²) in [4.78, 5) is 4.40. The summed E-state index contributed by atoms with van der Waals surface area (Å²) in [5, 5.41) is 10.1. The lowest BCUT2D eigenvalue weighted by Gasteiger charge is -2.05. The molecule has 0 amide bonds. The van der Waals surface area contributed by atoms with Crippen LogP contribution < -0.4 is 5.73 Å². The van der Waals surface area contributed by atoms with Gasteiger partial charge < -0.3 is 10.8 Å². The number of pyridine rings is 1. The quantitative estimate of drug-likeness (QED) is 0.873. The fraction of sp³-hybridized carbons (Fsp3) is 0.214. The van der Waals surface area contributed by atoms with Crippen LogP contribution in [-0.2, 0) is 0 Å². The first-order chi connectivity index (χ1) is 8.65. The number of rotatable bonds is 2. The second-order valence-electron chi connectivity index (χ2n) is 4.65. The van der Waals surface area contributed by atoms with E-state index in [1.54, 1.807) is 18.2 Å². The lowest BCUT2D eigenvalue weighted by atomic mass is 10.1. The molecule has 1 aliphatic rings. The molecule has 0 radical (unpaired) electrons. The Balaban J connectivity index is 1.94. The summed E-state index contributed by atoms with van der Waals surface area (Å²) in [5.74, 6) is 0.635. The highest BCUT2D eigenvalue weighted by Gasteiger charge is 2.34. The summed E-state index contributed by atoms with van der Waals surface area (Å²) in [6.07, 6.45) is 2.88. The molecule has 3 nitrogen and oxygen atoms in total. The summed E-state index contributed by atoms with van der Waals surface area (Å²) >= 11 is 6.10. The van der Waals surface area contributed by atoms with Crippen molar-refractivity contribution in [3.05, 3.63) is 47.1 Å². The molecule has 18 heavy (non-hydrogen) atoms. The van der Waals surface area contributed by atoms with Crippen molar-refractivity contribution in [3.8, 4) is 17.0 Å². The van der Waals surface area contributed by atoms with Crippen LogP contribution in [0.1, 0.15) is 17.9 Å². The third-order valence-electron chi connectivity index (χ3n) is 3.28. The minimum absolute atomic E-state index is 0.185. The third kappa shape index (κ3) is 2.07. The van der Waals surface area contributed by atoms with Gasteiger partial charge in [0.05, 0.1) is 10.7 Å². The van der Waals surface area contributed by atoms with E-state index in [1.165, 1.54) is 5.56 Å². The van der Waals surface area contributed by atoms with Gasteiger partial charge in [0.2, 0.25) is 0 Å². The predicted octanol–water partition coefficient (Wildman–Crippen LogP) is 2.92. The fourth-order valence-electron chi connectivity index (χ4n) is 2.09. The summed E-state index contributed by atoms with van der Waals surface area (Å²) in [5.41, 5.74) is 8.48. The van der Waals surface area contributed by atoms with Gasteiger partial charge >= 0.3 is 0 Å². The van der Waals surface area contributed by atoms with Crippen LogP contribution >= 0.6 is 11.6 Å². The van der Waals surface area contributed by atoms with E-state index in [4.69, 9.17) is 17.3 Å². The Morgan fingerprint density at radius 3 is 2.67 bits per heavy atom. The molecule has 1 heterocycles. The van der Waals surface area contributed by atoms with Gasteiger partial charge in [0.15, 0.2) is 0 Å². The van der Waals surface area contributed by atoms with Gasteiger partial charge in [-0.3, -0.25) is 4.98 Å². The fourth-order valence-corrected chi connectivity index (χ4v) is 2.31. The smallest absolute Gasteiger partial charge is 0.116 e. The normalized spacial score (nSPS) is 21.9. The number of halogens is 1. The molecule has 3 rings (SSSR count). The number of benzene rings is 1. The number of aromatic nitrogens is 1. The van der Waals surface area contributed by atoms with E-state index in [-0.39, 0.29) is 11.8 Å². The van der Waals surface area contributed by atoms with Crippen LogP contribution in [0, 0.1) is 0 Å². The molecular formula is C14H13ClN2O. The standard InChI is InChI=1S/C14H13ClN2O/c15-12-3-2-9(18)5-11(12)14-4-1-8(7-17-14)10-6-13(10)16/h1-5,7,10,13,18H,6,16H2. The number of hydrogen-bond acceptors (Lipinski definition) is 3. The van der Waals surface area contributed by atoms with Gasteiger partial charge in [0.1, 0.15) is 5.75 Å². The molecule has 4 heteroatoms. The van der Waals surface area contributed by atoms with Crippen LogP contribution in [0.15, 0.2) is 36.5 Å². The van der Waals surface area contributed by atoms with Crippen molar-refractivity contribution in [2.24, 2.45) is 5.73 Å². The molecule has 2 aromatic rings. The Hall–Kier alpha value is -1.58. The van der Waals surface area contributed by atoms with Crippen molar-refractivity contribution in [2.45, 2.75) is 18.4 Å². The van der Waals surface area contributed by atoms with Gasteiger partial charge in [-0.25, -0.2) is 0 Å². The highest BCUT2D eigenvalue weighted by atomic mass is 35.5. The first kappa shape index (κ1) is 11.5. The zero-order chi connectivity index (χ0) is 12.7. The van der Waals surface area contributed by atoms with Crippen molar-refractivity contribution >= 4 is 11.6 Å². The maximum absolute atomic E-state index is 9.48. The molecule has 3 N–H and O–H groups in total. The lowest BCUT2D eigenvalue weighted by Crippen LogP contribution is -2.01. The van der Waals surface area contributed by atoms with Crippen LogP contribution in [0.5, 0.6) is 5.75 Å². The van der Waals surface area contributed by atoms with Crippen LogP contribution in [0.4, 0.5) is 0 Å². The highest BCUT2D eigenvalue weighted by Crippen LogP contribution is 2.39. The lowest BCUT2D eigenvalue weighted by molar-refractivity contribution is 0.475. The van der Waals surface area contributed by atoms with Crippen molar-refractivity contribution in [2.75, 3.05) is 0 Å². The van der Waals surface area contributed by atoms with Crippen LogP contribution in [0.25, 0.3) is 11.3 Å². The van der Waals surface area contributed by atoms with Crippen molar-refractivity contribution in [1.29, 1.82) is 0 Å². The summed E-state index contributed by atoms with van der Waals surface area (Å²) in [7, 11) is 0. The van der Waals surface area contributed by atoms with Gasteiger partial charge in [-0.15, -0.1) is 0 Å². The van der Waals surface area contributed by atoms with E-state index in [0.717, 1.165) is 17.7 Å². The SMILES string of the molecule is NC1CC1c1ccc(-c2cc(O)ccc2Cl)nc1. The zero-order valence-electron chi connectivity index (χ0n) is 9.68. The van der Waals surface area contributed by atoms with E-state index in [0.29, 0.717) is 10.9 Å². The molecule has 1 fully saturated rings. The molecular weight excluding hydrogens is 248 g/mol. The average molecular weight is 261 g/mol. The number of nitrogens with zero attached hydrogens (tertiary/aromatic N) is 1. The molecule has 1 aromatic heterocycles. The topological polar surface area (TPSA) is 59.1 Å². The maximum atomic E-state index is 9.48. The number of nitrogens with two attached hydrogens (primary N) is 1. The molecule has 2 atom stereocenters. The van der Waals surface area contributed by atoms with E-state index < -0.39 is 0 Å². The maximum Gasteiger partial charge on any atom is 0.116 e. The number of phenolic OH excluding ortho intramolecular Hbond substituents is 1. The van der Waals surface area contributed by atoms with Crippen LogP contribution in [0.2, 0.25) is 5.02 Å². The monoisotopic (exact) mass is 260 g/mol. The Labute approximate surface area is 110 Å². The highest BCUT2D eigenvalue weighted by molar-refractivity contribution is 6.33. The third-order valence-corrected chi connectivity index (χ3v) is 3.61. The molecule has 1 saturated carbocycles. The number of hydrogen-bond donors (Lipinski definition) is 2. The van der Waals surface area contributed by atoms with Crippen molar-refractivity contribution in [3.63, 3.8) is 0 Å². The molecule has 1 aliphatic carbocycles. The Morgan fingerprint density at radius 1 is 1.28 bits per heavy atom. The minimum Gasteiger partial charge on any atom is -0.508 e. The Bertz CT molecular complexity index is 583. The zero-order valence-corrected chi connectivity index (χ0v) is 10.4. The molecule has 2 unspecified atom stereocenters. The van der Waals surface area contributed by atoms with Crippen LogP contribution in [-0.4, -0.2) is 16.1 Å². The number of phenols is 1. The van der Waals surface area contributed by atoms with E-state index >= 15 is 0 Å². The molecule has 0 spiro atoms. The van der Waals surface area contributed by atoms with Gasteiger partial charge in [-0.2, -0.15) is 0 Å². The van der Waals surface area contributed by atoms with Gasteiger partial charge in [0, 0.05) is 23.7 Å². The van der Waals surface area contributed by atoms with Crippen molar-refractivity contribution in [1.82, 2.24) is 4.98 Å². The van der Waals surface area contributed by atoms with Gasteiger partial charge in [-0.05, 0) is 36.2 Å². The van der Waals surface area contributed by atoms with E-state index in [1.807, 2.05) is 18.3 Å². The Morgan fingerprint density at radius 2 is 2.06 bits per heavy atom. The summed E-state index contributed by atoms with van der Waals surface area (Å²) in [6.45, 7) is 0. The Kier molecular flexibility index (Phi) is 2.73. The predicted molar refractivity (Wildman–Crippen MR) is 71.7 cm³/mol. The van der Waals surface area contributed by atoms with E-state index in [9.17, 15) is 5.11 Å². The molecule has 0 aliphatic heterocycles. The van der Waals surface area contributed by atoms with Crippen LogP contribution in [0.3, 0.4) is 0 Å². The largest absolute Gasteiger partial charge is 0.508 e. The first-order valence-electron chi connectivity index (χ1n) is 5.85. The first-order valence-corrected chi connectivity index (χ1v) is 6.23. The minimum atomic E-state index is 0.185. The van der Waals surface area contributed by atoms with Gasteiger partial charge in [0.25, 0.3) is 0 Å². The molecule has 1 aromatic carbocycles. The summed E-state index contributed by atoms with van der Waals surface area (Å²) in [6, 6.07) is 9.07. The molecule has 0 bridgehead atoms. The second kappa shape index (κ2) is 4.26.